The van der Waals surface area contributed by atoms with Gasteiger partial charge in [0, 0.05) is 0 Å². The lowest BCUT2D eigenvalue weighted by Crippen LogP contribution is -2.26. The van der Waals surface area contributed by atoms with Crippen LogP contribution in [0.4, 0.5) is 0 Å². The predicted octanol–water partition coefficient (Wildman–Crippen LogP) is 2.35. The van der Waals surface area contributed by atoms with Gasteiger partial charge >= 0.3 is 5.97 Å². The number of hydrogen-bond donors (Lipinski definition) is 0. The maximum atomic E-state index is 12.5. The van der Waals surface area contributed by atoms with Gasteiger partial charge in [0.05, 0.1) is 22.7 Å². The highest BCUT2D eigenvalue weighted by Gasteiger charge is 2.18. The molecular formula is C16H17N3O3S. The van der Waals surface area contributed by atoms with Gasteiger partial charge in [-0.05, 0) is 32.9 Å². The lowest BCUT2D eigenvalue weighted by Gasteiger charge is -2.19. The van der Waals surface area contributed by atoms with Gasteiger partial charge in [0.25, 0.3) is 5.56 Å². The molecule has 0 aliphatic heterocycles. The Morgan fingerprint density at radius 2 is 2.09 bits per heavy atom. The molecule has 23 heavy (non-hydrogen) atoms. The molecule has 0 atom stereocenters. The Labute approximate surface area is 138 Å². The van der Waals surface area contributed by atoms with E-state index in [9.17, 15) is 9.59 Å². The summed E-state index contributed by atoms with van der Waals surface area (Å²) in [5, 5.41) is 9.72. The monoisotopic (exact) mass is 331 g/mol. The Kier molecular flexibility index (Phi) is 5.06. The molecule has 7 heteroatoms. The third-order valence-electron chi connectivity index (χ3n) is 2.79. The Balaban J connectivity index is 2.32. The van der Waals surface area contributed by atoms with Crippen LogP contribution in [-0.2, 0) is 16.1 Å². The van der Waals surface area contributed by atoms with Crippen molar-refractivity contribution in [1.82, 2.24) is 9.55 Å². The van der Waals surface area contributed by atoms with Crippen molar-refractivity contribution < 1.29 is 9.53 Å². The molecule has 0 saturated heterocycles. The van der Waals surface area contributed by atoms with Gasteiger partial charge in [0.15, 0.2) is 5.16 Å². The number of nitrogens with zero attached hydrogens (tertiary/aromatic N) is 3. The number of carbonyl (C=O) groups is 1. The Morgan fingerprint density at radius 1 is 1.39 bits per heavy atom. The van der Waals surface area contributed by atoms with Crippen molar-refractivity contribution in [3.63, 3.8) is 0 Å². The van der Waals surface area contributed by atoms with Crippen LogP contribution in [0.3, 0.4) is 0 Å². The molecular weight excluding hydrogens is 314 g/mol. The van der Waals surface area contributed by atoms with Crippen LogP contribution in [0.15, 0.2) is 34.2 Å². The number of nitriles is 1. The molecule has 6 nitrogen and oxygen atoms in total. The lowest BCUT2D eigenvalue weighted by molar-refractivity contribution is -0.151. The molecule has 1 heterocycles. The number of esters is 1. The molecule has 0 amide bonds. The molecule has 0 aliphatic carbocycles. The van der Waals surface area contributed by atoms with Crippen LogP contribution in [0.2, 0.25) is 0 Å². The Hall–Kier alpha value is -2.33. The smallest absolute Gasteiger partial charge is 0.316 e. The van der Waals surface area contributed by atoms with E-state index in [-0.39, 0.29) is 17.9 Å². The summed E-state index contributed by atoms with van der Waals surface area (Å²) in [5.41, 5.74) is -0.317. The van der Waals surface area contributed by atoms with Crippen LogP contribution < -0.4 is 5.56 Å². The van der Waals surface area contributed by atoms with Crippen LogP contribution in [0.5, 0.6) is 0 Å². The number of carbonyl (C=O) groups excluding carboxylic acids is 1. The fraction of sp³-hybridized carbons (Fsp3) is 0.375. The number of aromatic nitrogens is 2. The molecule has 0 N–H and O–H groups in total. The predicted molar refractivity (Wildman–Crippen MR) is 88.2 cm³/mol. The number of hydrogen-bond acceptors (Lipinski definition) is 6. The highest BCUT2D eigenvalue weighted by molar-refractivity contribution is 7.99. The molecule has 0 unspecified atom stereocenters. The van der Waals surface area contributed by atoms with E-state index in [0.29, 0.717) is 16.1 Å². The average Bonchev–Trinajstić information content (AvgIpc) is 2.47. The highest BCUT2D eigenvalue weighted by atomic mass is 32.2. The van der Waals surface area contributed by atoms with E-state index in [1.54, 1.807) is 45.0 Å². The summed E-state index contributed by atoms with van der Waals surface area (Å²) in [4.78, 5) is 28.7. The van der Waals surface area contributed by atoms with Crippen LogP contribution in [0, 0.1) is 11.3 Å². The highest BCUT2D eigenvalue weighted by Crippen LogP contribution is 2.19. The first kappa shape index (κ1) is 17.0. The van der Waals surface area contributed by atoms with Crippen molar-refractivity contribution in [1.29, 1.82) is 5.26 Å². The second kappa shape index (κ2) is 6.84. The van der Waals surface area contributed by atoms with Crippen molar-refractivity contribution >= 4 is 28.6 Å². The van der Waals surface area contributed by atoms with Crippen molar-refractivity contribution in [2.24, 2.45) is 0 Å². The van der Waals surface area contributed by atoms with E-state index in [1.165, 1.54) is 4.57 Å². The largest absolute Gasteiger partial charge is 0.459 e. The number of ether oxygens (including phenoxy) is 1. The van der Waals surface area contributed by atoms with E-state index in [1.807, 2.05) is 6.07 Å². The molecule has 2 aromatic rings. The second-order valence-electron chi connectivity index (χ2n) is 5.84. The maximum Gasteiger partial charge on any atom is 0.316 e. The van der Waals surface area contributed by atoms with Crippen molar-refractivity contribution in [2.45, 2.75) is 38.1 Å². The summed E-state index contributed by atoms with van der Waals surface area (Å²) < 4.78 is 6.51. The fourth-order valence-electron chi connectivity index (χ4n) is 1.96. The van der Waals surface area contributed by atoms with Gasteiger partial charge in [0.1, 0.15) is 12.1 Å². The van der Waals surface area contributed by atoms with Gasteiger partial charge in [-0.15, -0.1) is 0 Å². The number of benzene rings is 1. The third-order valence-corrected chi connectivity index (χ3v) is 3.74. The first-order valence-corrected chi connectivity index (χ1v) is 8.01. The summed E-state index contributed by atoms with van der Waals surface area (Å²) in [5.74, 6) is -0.374. The maximum absolute atomic E-state index is 12.5. The van der Waals surface area contributed by atoms with Gasteiger partial charge in [-0.1, -0.05) is 23.9 Å². The molecule has 0 aliphatic rings. The molecule has 120 valence electrons. The number of rotatable bonds is 4. The van der Waals surface area contributed by atoms with Crippen LogP contribution in [-0.4, -0.2) is 26.9 Å². The molecule has 0 spiro atoms. The SMILES string of the molecule is CC(C)(C)OC(=O)CSc1nc2ccccc2c(=O)n1CC#N. The molecule has 1 aromatic heterocycles. The quantitative estimate of drug-likeness (QED) is 0.486. The van der Waals surface area contributed by atoms with Crippen LogP contribution >= 0.6 is 11.8 Å². The zero-order chi connectivity index (χ0) is 17.0. The first-order valence-electron chi connectivity index (χ1n) is 7.03. The van der Waals surface area contributed by atoms with Gasteiger partial charge < -0.3 is 4.74 Å². The average molecular weight is 331 g/mol. The first-order chi connectivity index (χ1) is 10.8. The van der Waals surface area contributed by atoms with Gasteiger partial charge in [-0.25, -0.2) is 4.98 Å². The summed E-state index contributed by atoms with van der Waals surface area (Å²) >= 11 is 1.09. The summed E-state index contributed by atoms with van der Waals surface area (Å²) in [6.45, 7) is 5.24. The van der Waals surface area contributed by atoms with E-state index >= 15 is 0 Å². The van der Waals surface area contributed by atoms with Crippen LogP contribution in [0.25, 0.3) is 10.9 Å². The normalized spacial score (nSPS) is 11.2. The zero-order valence-corrected chi connectivity index (χ0v) is 14.0. The fourth-order valence-corrected chi connectivity index (χ4v) is 2.73. The van der Waals surface area contributed by atoms with Crippen molar-refractivity contribution in [3.8, 4) is 6.07 Å². The van der Waals surface area contributed by atoms with Crippen LogP contribution in [0.1, 0.15) is 20.8 Å². The lowest BCUT2D eigenvalue weighted by atomic mass is 10.2. The van der Waals surface area contributed by atoms with Gasteiger partial charge in [0.2, 0.25) is 0 Å². The number of fused-ring (bicyclic) bond motifs is 1. The van der Waals surface area contributed by atoms with E-state index in [4.69, 9.17) is 10.00 Å². The molecule has 0 saturated carbocycles. The second-order valence-corrected chi connectivity index (χ2v) is 6.78. The van der Waals surface area contributed by atoms with Crippen molar-refractivity contribution in [3.05, 3.63) is 34.6 Å². The molecule has 0 radical (unpaired) electrons. The minimum atomic E-state index is -0.569. The summed E-state index contributed by atoms with van der Waals surface area (Å²) in [6.07, 6.45) is 0. The van der Waals surface area contributed by atoms with E-state index in [2.05, 4.69) is 4.98 Å². The topological polar surface area (TPSA) is 85.0 Å². The molecule has 0 fully saturated rings. The molecule has 2 rings (SSSR count). The summed E-state index contributed by atoms with van der Waals surface area (Å²) in [6, 6.07) is 8.87. The van der Waals surface area contributed by atoms with Gasteiger partial charge in [-0.2, -0.15) is 5.26 Å². The Morgan fingerprint density at radius 3 is 2.74 bits per heavy atom. The Bertz CT molecular complexity index is 831. The van der Waals surface area contributed by atoms with E-state index < -0.39 is 11.6 Å². The summed E-state index contributed by atoms with van der Waals surface area (Å²) in [7, 11) is 0. The standard InChI is InChI=1S/C16H17N3O3S/c1-16(2,3)22-13(20)10-23-15-18-12-7-5-4-6-11(12)14(21)19(15)9-8-17/h4-7H,9-10H2,1-3H3. The zero-order valence-electron chi connectivity index (χ0n) is 13.2. The van der Waals surface area contributed by atoms with E-state index in [0.717, 1.165) is 11.8 Å². The number of thioether (sulfide) groups is 1. The van der Waals surface area contributed by atoms with Crippen molar-refractivity contribution in [2.75, 3.05) is 5.75 Å². The minimum Gasteiger partial charge on any atom is -0.459 e. The molecule has 0 bridgehead atoms. The third kappa shape index (κ3) is 4.33. The van der Waals surface area contributed by atoms with Gasteiger partial charge in [-0.3, -0.25) is 14.2 Å². The molecule has 1 aromatic carbocycles. The number of para-hydroxylation sites is 1. The minimum absolute atomic E-state index is 0.0213.